The number of hydrogen-bond acceptors (Lipinski definition) is 5. The Morgan fingerprint density at radius 3 is 2.90 bits per heavy atom. The number of nitrogens with two attached hydrogens (primary N) is 1. The molecule has 0 aliphatic carbocycles. The quantitative estimate of drug-likeness (QED) is 0.760. The van der Waals surface area contributed by atoms with E-state index in [-0.39, 0.29) is 25.8 Å². The van der Waals surface area contributed by atoms with Crippen LogP contribution in [0.25, 0.3) is 0 Å². The third-order valence-electron chi connectivity index (χ3n) is 2.81. The molecule has 106 valence electrons. The van der Waals surface area contributed by atoms with E-state index in [9.17, 15) is 4.79 Å². The Hall–Kier alpha value is -2.39. The number of rotatable bonds is 5. The maximum Gasteiger partial charge on any atom is 0.261 e. The van der Waals surface area contributed by atoms with Gasteiger partial charge in [0.2, 0.25) is 6.79 Å². The minimum Gasteiger partial charge on any atom is -0.480 e. The van der Waals surface area contributed by atoms with Crippen LogP contribution in [0.2, 0.25) is 0 Å². The zero-order valence-corrected chi connectivity index (χ0v) is 11.1. The van der Waals surface area contributed by atoms with Gasteiger partial charge >= 0.3 is 0 Å². The normalized spacial score (nSPS) is 13.4. The summed E-state index contributed by atoms with van der Waals surface area (Å²) in [7, 11) is 0. The molecule has 0 saturated heterocycles. The Bertz CT molecular complexity index is 551. The zero-order valence-electron chi connectivity index (χ0n) is 11.1. The van der Waals surface area contributed by atoms with Crippen LogP contribution < -0.4 is 25.3 Å². The van der Waals surface area contributed by atoms with Gasteiger partial charge in [0.25, 0.3) is 5.91 Å². The first-order chi connectivity index (χ1) is 9.65. The third-order valence-corrected chi connectivity index (χ3v) is 2.81. The Morgan fingerprint density at radius 2 is 2.25 bits per heavy atom. The lowest BCUT2D eigenvalue weighted by atomic mass is 10.1. The Morgan fingerprint density at radius 1 is 1.55 bits per heavy atom. The summed E-state index contributed by atoms with van der Waals surface area (Å²) in [6, 6.07) is 3.43. The average molecular weight is 276 g/mol. The van der Waals surface area contributed by atoms with Gasteiger partial charge in [0.15, 0.2) is 17.6 Å². The molecule has 0 saturated carbocycles. The van der Waals surface area contributed by atoms with Crippen molar-refractivity contribution in [2.75, 3.05) is 13.3 Å². The van der Waals surface area contributed by atoms with Gasteiger partial charge in [0.05, 0.1) is 6.54 Å². The highest BCUT2D eigenvalue weighted by Crippen LogP contribution is 2.38. The smallest absolute Gasteiger partial charge is 0.261 e. The maximum atomic E-state index is 11.7. The fourth-order valence-electron chi connectivity index (χ4n) is 1.76. The monoisotopic (exact) mass is 276 g/mol. The van der Waals surface area contributed by atoms with Crippen LogP contribution in [0.1, 0.15) is 12.5 Å². The fourth-order valence-corrected chi connectivity index (χ4v) is 1.76. The van der Waals surface area contributed by atoms with Crippen LogP contribution in [0.4, 0.5) is 0 Å². The molecule has 2 rings (SSSR count). The van der Waals surface area contributed by atoms with Crippen LogP contribution >= 0.6 is 0 Å². The van der Waals surface area contributed by atoms with Crippen LogP contribution in [0, 0.1) is 12.3 Å². The van der Waals surface area contributed by atoms with Crippen molar-refractivity contribution in [3.63, 3.8) is 0 Å². The van der Waals surface area contributed by atoms with Crippen LogP contribution in [0.5, 0.6) is 17.2 Å². The van der Waals surface area contributed by atoms with E-state index in [1.54, 1.807) is 19.1 Å². The molecule has 1 aromatic carbocycles. The van der Waals surface area contributed by atoms with Crippen LogP contribution in [0.3, 0.4) is 0 Å². The standard InChI is InChI=1S/C14H16N2O4/c1-3-4-16-14(17)9(2)20-11-6-13-12(18-8-19-13)5-10(11)7-15/h1,5-6,9H,4,7-8,15H2,2H3,(H,16,17). The van der Waals surface area contributed by atoms with E-state index in [2.05, 4.69) is 11.2 Å². The third kappa shape index (κ3) is 2.95. The summed E-state index contributed by atoms with van der Waals surface area (Å²) in [5.74, 6) is 3.75. The minimum atomic E-state index is -0.686. The first-order valence-corrected chi connectivity index (χ1v) is 6.16. The lowest BCUT2D eigenvalue weighted by Gasteiger charge is -2.16. The second-order valence-electron chi connectivity index (χ2n) is 4.20. The Balaban J connectivity index is 2.12. The highest BCUT2D eigenvalue weighted by Gasteiger charge is 2.20. The maximum absolute atomic E-state index is 11.7. The summed E-state index contributed by atoms with van der Waals surface area (Å²) < 4.78 is 16.2. The van der Waals surface area contributed by atoms with Crippen molar-refractivity contribution in [3.8, 4) is 29.6 Å². The SMILES string of the molecule is C#CCNC(=O)C(C)Oc1cc2c(cc1CN)OCO2. The first-order valence-electron chi connectivity index (χ1n) is 6.16. The molecule has 1 unspecified atom stereocenters. The van der Waals surface area contributed by atoms with Gasteiger partial charge in [0, 0.05) is 18.2 Å². The van der Waals surface area contributed by atoms with Gasteiger partial charge in [-0.15, -0.1) is 6.42 Å². The molecule has 0 spiro atoms. The Labute approximate surface area is 117 Å². The number of carbonyl (C=O) groups excluding carboxylic acids is 1. The van der Waals surface area contributed by atoms with Crippen molar-refractivity contribution in [3.05, 3.63) is 17.7 Å². The largest absolute Gasteiger partial charge is 0.480 e. The lowest BCUT2D eigenvalue weighted by molar-refractivity contribution is -0.127. The molecule has 0 bridgehead atoms. The predicted molar refractivity (Wildman–Crippen MR) is 72.4 cm³/mol. The number of fused-ring (bicyclic) bond motifs is 1. The molecular weight excluding hydrogens is 260 g/mol. The molecule has 1 atom stereocenters. The molecule has 20 heavy (non-hydrogen) atoms. The van der Waals surface area contributed by atoms with Gasteiger partial charge < -0.3 is 25.3 Å². The van der Waals surface area contributed by atoms with Gasteiger partial charge in [-0.25, -0.2) is 0 Å². The van der Waals surface area contributed by atoms with Gasteiger partial charge in [0.1, 0.15) is 5.75 Å². The van der Waals surface area contributed by atoms with E-state index in [0.717, 1.165) is 5.56 Å². The fraction of sp³-hybridized carbons (Fsp3) is 0.357. The molecule has 0 aromatic heterocycles. The summed E-state index contributed by atoms with van der Waals surface area (Å²) in [5.41, 5.74) is 6.41. The number of ether oxygens (including phenoxy) is 3. The average Bonchev–Trinajstić information content (AvgIpc) is 2.90. The summed E-state index contributed by atoms with van der Waals surface area (Å²) in [4.78, 5) is 11.7. The summed E-state index contributed by atoms with van der Waals surface area (Å²) in [5, 5.41) is 2.55. The van der Waals surface area contributed by atoms with E-state index in [1.165, 1.54) is 0 Å². The van der Waals surface area contributed by atoms with Crippen molar-refractivity contribution in [1.29, 1.82) is 0 Å². The van der Waals surface area contributed by atoms with E-state index in [0.29, 0.717) is 17.2 Å². The highest BCUT2D eigenvalue weighted by atomic mass is 16.7. The number of hydrogen-bond donors (Lipinski definition) is 2. The molecule has 1 aliphatic heterocycles. The van der Waals surface area contributed by atoms with Crippen molar-refractivity contribution in [1.82, 2.24) is 5.32 Å². The second-order valence-corrected chi connectivity index (χ2v) is 4.20. The van der Waals surface area contributed by atoms with Crippen LogP contribution in [-0.2, 0) is 11.3 Å². The van der Waals surface area contributed by atoms with Crippen molar-refractivity contribution in [2.45, 2.75) is 19.6 Å². The summed E-state index contributed by atoms with van der Waals surface area (Å²) >= 11 is 0. The van der Waals surface area contributed by atoms with Crippen LogP contribution in [-0.4, -0.2) is 25.3 Å². The zero-order chi connectivity index (χ0) is 14.5. The highest BCUT2D eigenvalue weighted by molar-refractivity contribution is 5.81. The first kappa shape index (κ1) is 14.0. The molecule has 0 fully saturated rings. The number of amides is 1. The van der Waals surface area contributed by atoms with Gasteiger partial charge in [-0.05, 0) is 13.0 Å². The summed E-state index contributed by atoms with van der Waals surface area (Å²) in [6.45, 7) is 2.24. The van der Waals surface area contributed by atoms with Crippen molar-refractivity contribution < 1.29 is 19.0 Å². The molecule has 1 aromatic rings. The molecule has 0 radical (unpaired) electrons. The van der Waals surface area contributed by atoms with Gasteiger partial charge in [-0.1, -0.05) is 5.92 Å². The number of carbonyl (C=O) groups is 1. The van der Waals surface area contributed by atoms with Crippen molar-refractivity contribution in [2.24, 2.45) is 5.73 Å². The molecule has 1 aliphatic rings. The van der Waals surface area contributed by atoms with E-state index in [4.69, 9.17) is 26.4 Å². The number of nitrogens with one attached hydrogen (secondary N) is 1. The number of benzene rings is 1. The predicted octanol–water partition coefficient (Wildman–Crippen LogP) is 0.391. The molecule has 1 amide bonds. The van der Waals surface area contributed by atoms with Crippen LogP contribution in [0.15, 0.2) is 12.1 Å². The minimum absolute atomic E-state index is 0.164. The second kappa shape index (κ2) is 6.17. The summed E-state index contributed by atoms with van der Waals surface area (Å²) in [6.07, 6.45) is 4.40. The van der Waals surface area contributed by atoms with E-state index < -0.39 is 6.10 Å². The number of terminal acetylenes is 1. The van der Waals surface area contributed by atoms with Gasteiger partial charge in [-0.3, -0.25) is 4.79 Å². The molecule has 6 heteroatoms. The molecule has 3 N–H and O–H groups in total. The topological polar surface area (TPSA) is 82.8 Å². The van der Waals surface area contributed by atoms with E-state index in [1.807, 2.05) is 0 Å². The lowest BCUT2D eigenvalue weighted by Crippen LogP contribution is -2.36. The molecule has 1 heterocycles. The van der Waals surface area contributed by atoms with Crippen molar-refractivity contribution >= 4 is 5.91 Å². The molecule has 6 nitrogen and oxygen atoms in total. The van der Waals surface area contributed by atoms with E-state index >= 15 is 0 Å². The Kier molecular flexibility index (Phi) is 4.33. The molecular formula is C14H16N2O4. The van der Waals surface area contributed by atoms with Gasteiger partial charge in [-0.2, -0.15) is 0 Å².